The second-order valence-corrected chi connectivity index (χ2v) is 4.26. The van der Waals surface area contributed by atoms with Gasteiger partial charge in [0.05, 0.1) is 18.3 Å². The van der Waals surface area contributed by atoms with Crippen molar-refractivity contribution >= 4 is 5.96 Å². The molecule has 2 heterocycles. The van der Waals surface area contributed by atoms with Gasteiger partial charge in [-0.1, -0.05) is 6.07 Å². The minimum atomic E-state index is 0.318. The van der Waals surface area contributed by atoms with Gasteiger partial charge in [-0.2, -0.15) is 0 Å². The van der Waals surface area contributed by atoms with E-state index in [9.17, 15) is 0 Å². The van der Waals surface area contributed by atoms with Gasteiger partial charge in [-0.25, -0.2) is 0 Å². The Bertz CT molecular complexity index is 374. The fraction of sp³-hybridized carbons (Fsp3) is 0.538. The second kappa shape index (κ2) is 6.96. The molecule has 5 heteroatoms. The molecule has 0 amide bonds. The predicted molar refractivity (Wildman–Crippen MR) is 71.4 cm³/mol. The highest BCUT2D eigenvalue weighted by Crippen LogP contribution is 2.10. The molecule has 0 spiro atoms. The van der Waals surface area contributed by atoms with E-state index in [0.717, 1.165) is 37.6 Å². The van der Waals surface area contributed by atoms with Crippen LogP contribution in [-0.2, 0) is 11.3 Å². The molecule has 0 bridgehead atoms. The highest BCUT2D eigenvalue weighted by molar-refractivity contribution is 5.79. The number of nitrogens with one attached hydrogen (secondary N) is 2. The third-order valence-corrected chi connectivity index (χ3v) is 2.91. The molecular formula is C13H20N4O. The fourth-order valence-corrected chi connectivity index (χ4v) is 1.91. The molecule has 2 rings (SSSR count). The molecule has 1 aliphatic heterocycles. The normalized spacial score (nSPS) is 19.8. The Hall–Kier alpha value is -1.62. The Kier molecular flexibility index (Phi) is 4.96. The van der Waals surface area contributed by atoms with Crippen molar-refractivity contribution in [2.45, 2.75) is 25.5 Å². The zero-order chi connectivity index (χ0) is 12.6. The summed E-state index contributed by atoms with van der Waals surface area (Å²) < 4.78 is 5.55. The molecule has 0 aromatic carbocycles. The molecule has 98 valence electrons. The van der Waals surface area contributed by atoms with Gasteiger partial charge >= 0.3 is 0 Å². The van der Waals surface area contributed by atoms with Gasteiger partial charge in [-0.15, -0.1) is 0 Å². The largest absolute Gasteiger partial charge is 0.376 e. The van der Waals surface area contributed by atoms with Gasteiger partial charge in [0, 0.05) is 26.4 Å². The predicted octanol–water partition coefficient (Wildman–Crippen LogP) is 0.926. The number of aromatic nitrogens is 1. The quantitative estimate of drug-likeness (QED) is 0.614. The van der Waals surface area contributed by atoms with Crippen LogP contribution in [0.1, 0.15) is 18.5 Å². The second-order valence-electron chi connectivity index (χ2n) is 4.26. The van der Waals surface area contributed by atoms with Crippen LogP contribution >= 0.6 is 0 Å². The lowest BCUT2D eigenvalue weighted by Gasteiger charge is -2.14. The van der Waals surface area contributed by atoms with Crippen molar-refractivity contribution in [3.05, 3.63) is 30.1 Å². The summed E-state index contributed by atoms with van der Waals surface area (Å²) in [5.41, 5.74) is 0.998. The number of aliphatic imine (C=N–C) groups is 1. The standard InChI is InChI=1S/C13H20N4O/c1-14-13(17-10-12-6-4-8-18-12)16-9-11-5-2-3-7-15-11/h2-3,5,7,12H,4,6,8-10H2,1H3,(H2,14,16,17). The van der Waals surface area contributed by atoms with E-state index >= 15 is 0 Å². The van der Waals surface area contributed by atoms with Gasteiger partial charge in [0.2, 0.25) is 0 Å². The van der Waals surface area contributed by atoms with Crippen LogP contribution in [0.3, 0.4) is 0 Å². The van der Waals surface area contributed by atoms with Crippen molar-refractivity contribution < 1.29 is 4.74 Å². The van der Waals surface area contributed by atoms with Gasteiger partial charge in [0.25, 0.3) is 0 Å². The maximum Gasteiger partial charge on any atom is 0.191 e. The van der Waals surface area contributed by atoms with E-state index in [-0.39, 0.29) is 0 Å². The number of hydrogen-bond acceptors (Lipinski definition) is 3. The number of guanidine groups is 1. The summed E-state index contributed by atoms with van der Waals surface area (Å²) in [6.07, 6.45) is 4.40. The lowest BCUT2D eigenvalue weighted by atomic mass is 10.2. The molecule has 1 aromatic rings. The van der Waals surface area contributed by atoms with Crippen molar-refractivity contribution in [2.75, 3.05) is 20.2 Å². The van der Waals surface area contributed by atoms with Crippen LogP contribution in [-0.4, -0.2) is 37.2 Å². The summed E-state index contributed by atoms with van der Waals surface area (Å²) in [4.78, 5) is 8.43. The number of hydrogen-bond donors (Lipinski definition) is 2. The fourth-order valence-electron chi connectivity index (χ4n) is 1.91. The number of rotatable bonds is 4. The molecule has 2 N–H and O–H groups in total. The minimum absolute atomic E-state index is 0.318. The molecule has 18 heavy (non-hydrogen) atoms. The van der Waals surface area contributed by atoms with Crippen molar-refractivity contribution in [1.29, 1.82) is 0 Å². The molecule has 1 aromatic heterocycles. The number of ether oxygens (including phenoxy) is 1. The van der Waals surface area contributed by atoms with E-state index in [0.29, 0.717) is 12.6 Å². The zero-order valence-corrected chi connectivity index (χ0v) is 10.7. The Morgan fingerprint density at radius 1 is 1.50 bits per heavy atom. The van der Waals surface area contributed by atoms with E-state index in [2.05, 4.69) is 20.6 Å². The maximum absolute atomic E-state index is 5.55. The SMILES string of the molecule is CN=C(NCc1ccccn1)NCC1CCCO1. The summed E-state index contributed by atoms with van der Waals surface area (Å²) in [6.45, 7) is 2.36. The highest BCUT2D eigenvalue weighted by atomic mass is 16.5. The average molecular weight is 248 g/mol. The lowest BCUT2D eigenvalue weighted by molar-refractivity contribution is 0.114. The summed E-state index contributed by atoms with van der Waals surface area (Å²) in [5, 5.41) is 6.50. The van der Waals surface area contributed by atoms with E-state index < -0.39 is 0 Å². The Morgan fingerprint density at radius 2 is 2.44 bits per heavy atom. The van der Waals surface area contributed by atoms with Crippen LogP contribution < -0.4 is 10.6 Å². The first-order valence-corrected chi connectivity index (χ1v) is 6.34. The lowest BCUT2D eigenvalue weighted by Crippen LogP contribution is -2.40. The molecule has 0 aliphatic carbocycles. The van der Waals surface area contributed by atoms with Crippen LogP contribution in [0.5, 0.6) is 0 Å². The monoisotopic (exact) mass is 248 g/mol. The third-order valence-electron chi connectivity index (χ3n) is 2.91. The van der Waals surface area contributed by atoms with Crippen LogP contribution in [0.4, 0.5) is 0 Å². The maximum atomic E-state index is 5.55. The molecule has 1 saturated heterocycles. The van der Waals surface area contributed by atoms with Crippen molar-refractivity contribution in [3.8, 4) is 0 Å². The average Bonchev–Trinajstić information content (AvgIpc) is 2.93. The topological polar surface area (TPSA) is 58.5 Å². The van der Waals surface area contributed by atoms with Crippen LogP contribution in [0, 0.1) is 0 Å². The Balaban J connectivity index is 1.72. The summed E-state index contributed by atoms with van der Waals surface area (Å²) in [7, 11) is 1.77. The Morgan fingerprint density at radius 3 is 3.11 bits per heavy atom. The van der Waals surface area contributed by atoms with Crippen molar-refractivity contribution in [1.82, 2.24) is 15.6 Å². The van der Waals surface area contributed by atoms with E-state index in [1.165, 1.54) is 0 Å². The van der Waals surface area contributed by atoms with Gasteiger partial charge < -0.3 is 15.4 Å². The van der Waals surface area contributed by atoms with Gasteiger partial charge in [-0.05, 0) is 25.0 Å². The molecular weight excluding hydrogens is 228 g/mol. The first kappa shape index (κ1) is 12.8. The minimum Gasteiger partial charge on any atom is -0.376 e. The summed E-state index contributed by atoms with van der Waals surface area (Å²) in [6, 6.07) is 5.88. The third kappa shape index (κ3) is 4.00. The summed E-state index contributed by atoms with van der Waals surface area (Å²) in [5.74, 6) is 0.788. The van der Waals surface area contributed by atoms with Crippen LogP contribution in [0.2, 0.25) is 0 Å². The van der Waals surface area contributed by atoms with E-state index in [1.54, 1.807) is 13.2 Å². The number of nitrogens with zero attached hydrogens (tertiary/aromatic N) is 2. The Labute approximate surface area is 108 Å². The van der Waals surface area contributed by atoms with Gasteiger partial charge in [-0.3, -0.25) is 9.98 Å². The van der Waals surface area contributed by atoms with E-state index in [1.807, 2.05) is 18.2 Å². The molecule has 1 aliphatic rings. The summed E-state index contributed by atoms with van der Waals surface area (Å²) >= 11 is 0. The molecule has 0 saturated carbocycles. The number of pyridine rings is 1. The smallest absolute Gasteiger partial charge is 0.191 e. The highest BCUT2D eigenvalue weighted by Gasteiger charge is 2.15. The van der Waals surface area contributed by atoms with Crippen molar-refractivity contribution in [2.24, 2.45) is 4.99 Å². The molecule has 5 nitrogen and oxygen atoms in total. The molecule has 1 fully saturated rings. The molecule has 0 radical (unpaired) electrons. The zero-order valence-electron chi connectivity index (χ0n) is 10.7. The van der Waals surface area contributed by atoms with Gasteiger partial charge in [0.1, 0.15) is 0 Å². The van der Waals surface area contributed by atoms with Crippen LogP contribution in [0.25, 0.3) is 0 Å². The van der Waals surface area contributed by atoms with E-state index in [4.69, 9.17) is 4.74 Å². The first-order chi connectivity index (χ1) is 8.88. The van der Waals surface area contributed by atoms with Crippen molar-refractivity contribution in [3.63, 3.8) is 0 Å². The molecule has 1 unspecified atom stereocenters. The van der Waals surface area contributed by atoms with Gasteiger partial charge in [0.15, 0.2) is 5.96 Å². The van der Waals surface area contributed by atoms with Crippen LogP contribution in [0.15, 0.2) is 29.4 Å². The molecule has 1 atom stereocenters. The first-order valence-electron chi connectivity index (χ1n) is 6.34.